The predicted molar refractivity (Wildman–Crippen MR) is 102 cm³/mol. The number of imidazole rings is 1. The standard InChI is InChI=1S/C17H16ClF3N4O2S/c1-24-15-11(25(16(24)27)9-14(26)22-6-2-5-18)7-10(8-23-15)12-3-4-13(28-12)17(19,20)21/h3-4,7-8H,2,5-6,9H2,1H3,(H,22,26). The highest BCUT2D eigenvalue weighted by atomic mass is 35.5. The summed E-state index contributed by atoms with van der Waals surface area (Å²) in [6.07, 6.45) is -2.40. The number of nitrogens with zero attached hydrogens (tertiary/aromatic N) is 3. The van der Waals surface area contributed by atoms with E-state index in [1.54, 1.807) is 6.07 Å². The van der Waals surface area contributed by atoms with Gasteiger partial charge in [-0.15, -0.1) is 22.9 Å². The van der Waals surface area contributed by atoms with Crippen LogP contribution in [0.3, 0.4) is 0 Å². The Morgan fingerprint density at radius 3 is 2.75 bits per heavy atom. The van der Waals surface area contributed by atoms with E-state index in [1.165, 1.54) is 28.4 Å². The highest BCUT2D eigenvalue weighted by Crippen LogP contribution is 2.38. The fraction of sp³-hybridized carbons (Fsp3) is 0.353. The van der Waals surface area contributed by atoms with Crippen LogP contribution in [0.15, 0.2) is 29.2 Å². The summed E-state index contributed by atoms with van der Waals surface area (Å²) in [5, 5.41) is 2.66. The molecule has 3 aromatic heterocycles. The smallest absolute Gasteiger partial charge is 0.355 e. The first-order valence-corrected chi connectivity index (χ1v) is 9.63. The number of hydrogen-bond donors (Lipinski definition) is 1. The molecule has 150 valence electrons. The van der Waals surface area contributed by atoms with Gasteiger partial charge in [0.05, 0.1) is 5.52 Å². The molecule has 0 spiro atoms. The second-order valence-electron chi connectivity index (χ2n) is 6.05. The number of nitrogens with one attached hydrogen (secondary N) is 1. The van der Waals surface area contributed by atoms with E-state index in [1.807, 2.05) is 0 Å². The molecule has 1 N–H and O–H groups in total. The van der Waals surface area contributed by atoms with Crippen LogP contribution in [0.2, 0.25) is 0 Å². The van der Waals surface area contributed by atoms with Gasteiger partial charge in [-0.1, -0.05) is 0 Å². The summed E-state index contributed by atoms with van der Waals surface area (Å²) < 4.78 is 41.1. The first-order chi connectivity index (χ1) is 13.2. The molecule has 0 fully saturated rings. The molecule has 0 aliphatic carbocycles. The average molecular weight is 433 g/mol. The third kappa shape index (κ3) is 4.07. The van der Waals surface area contributed by atoms with Crippen molar-refractivity contribution in [2.24, 2.45) is 7.05 Å². The van der Waals surface area contributed by atoms with Crippen molar-refractivity contribution in [3.63, 3.8) is 0 Å². The van der Waals surface area contributed by atoms with Crippen LogP contribution in [0.4, 0.5) is 13.2 Å². The number of rotatable bonds is 6. The molecule has 6 nitrogen and oxygen atoms in total. The molecule has 0 aromatic carbocycles. The van der Waals surface area contributed by atoms with E-state index in [0.29, 0.717) is 51.8 Å². The Hall–Kier alpha value is -2.33. The molecule has 28 heavy (non-hydrogen) atoms. The third-order valence-corrected chi connectivity index (χ3v) is 5.52. The number of aromatic nitrogens is 3. The molecule has 0 atom stereocenters. The molecule has 0 radical (unpaired) electrons. The number of carbonyl (C=O) groups is 1. The highest BCUT2D eigenvalue weighted by molar-refractivity contribution is 7.15. The van der Waals surface area contributed by atoms with Crippen molar-refractivity contribution in [1.29, 1.82) is 0 Å². The summed E-state index contributed by atoms with van der Waals surface area (Å²) >= 11 is 6.16. The number of amides is 1. The lowest BCUT2D eigenvalue weighted by Crippen LogP contribution is -2.33. The number of halogens is 4. The minimum absolute atomic E-state index is 0.220. The van der Waals surface area contributed by atoms with Crippen LogP contribution in [-0.4, -0.2) is 32.5 Å². The van der Waals surface area contributed by atoms with Crippen LogP contribution in [0.25, 0.3) is 21.6 Å². The molecule has 3 aromatic rings. The third-order valence-electron chi connectivity index (χ3n) is 4.08. The van der Waals surface area contributed by atoms with Gasteiger partial charge in [0.1, 0.15) is 11.4 Å². The lowest BCUT2D eigenvalue weighted by molar-refractivity contribution is -0.134. The fourth-order valence-electron chi connectivity index (χ4n) is 2.70. The number of aryl methyl sites for hydroxylation is 1. The second-order valence-corrected chi connectivity index (χ2v) is 7.51. The molecule has 0 unspecified atom stereocenters. The van der Waals surface area contributed by atoms with Gasteiger partial charge in [0.2, 0.25) is 5.91 Å². The molecule has 0 saturated heterocycles. The van der Waals surface area contributed by atoms with E-state index in [-0.39, 0.29) is 12.5 Å². The maximum Gasteiger partial charge on any atom is 0.425 e. The number of thiophene rings is 1. The summed E-state index contributed by atoms with van der Waals surface area (Å²) in [5.41, 5.74) is 0.721. The Bertz CT molecular complexity index is 1070. The van der Waals surface area contributed by atoms with E-state index in [2.05, 4.69) is 10.3 Å². The molecule has 3 heterocycles. The van der Waals surface area contributed by atoms with Crippen LogP contribution in [0.5, 0.6) is 0 Å². The highest BCUT2D eigenvalue weighted by Gasteiger charge is 2.32. The normalized spacial score (nSPS) is 11.9. The number of pyridine rings is 1. The zero-order valence-corrected chi connectivity index (χ0v) is 16.3. The minimum Gasteiger partial charge on any atom is -0.355 e. The van der Waals surface area contributed by atoms with Crippen molar-refractivity contribution in [2.45, 2.75) is 19.1 Å². The van der Waals surface area contributed by atoms with Gasteiger partial charge in [0.15, 0.2) is 5.65 Å². The Labute approximate surface area is 166 Å². The van der Waals surface area contributed by atoms with Gasteiger partial charge in [-0.2, -0.15) is 13.2 Å². The van der Waals surface area contributed by atoms with Crippen LogP contribution in [-0.2, 0) is 24.6 Å². The molecule has 11 heteroatoms. The maximum atomic E-state index is 12.9. The first-order valence-electron chi connectivity index (χ1n) is 8.27. The molecule has 0 aliphatic rings. The van der Waals surface area contributed by atoms with Crippen LogP contribution >= 0.6 is 22.9 Å². The van der Waals surface area contributed by atoms with Gasteiger partial charge in [-0.3, -0.25) is 13.9 Å². The molecule has 1 amide bonds. The first kappa shape index (κ1) is 20.4. The Kier molecular flexibility index (Phi) is 5.80. The van der Waals surface area contributed by atoms with Gasteiger partial charge in [-0.25, -0.2) is 9.78 Å². The number of alkyl halides is 4. The molecule has 0 aliphatic heterocycles. The largest absolute Gasteiger partial charge is 0.425 e. The molecular formula is C17H16ClF3N4O2S. The van der Waals surface area contributed by atoms with Gasteiger partial charge in [0.25, 0.3) is 0 Å². The average Bonchev–Trinajstić information content (AvgIpc) is 3.22. The summed E-state index contributed by atoms with van der Waals surface area (Å²) in [4.78, 5) is 28.4. The number of hydrogen-bond acceptors (Lipinski definition) is 4. The Morgan fingerprint density at radius 2 is 2.11 bits per heavy atom. The SMILES string of the molecule is Cn1c(=O)n(CC(=O)NCCCCl)c2cc(-c3ccc(C(F)(F)F)s3)cnc21. The van der Waals surface area contributed by atoms with Crippen molar-refractivity contribution < 1.29 is 18.0 Å². The minimum atomic E-state index is -4.42. The maximum absolute atomic E-state index is 12.9. The van der Waals surface area contributed by atoms with Crippen molar-refractivity contribution in [2.75, 3.05) is 12.4 Å². The Balaban J connectivity index is 1.97. The fourth-order valence-corrected chi connectivity index (χ4v) is 3.69. The van der Waals surface area contributed by atoms with Gasteiger partial charge in [-0.05, 0) is 24.6 Å². The lowest BCUT2D eigenvalue weighted by atomic mass is 10.2. The lowest BCUT2D eigenvalue weighted by Gasteiger charge is -2.06. The van der Waals surface area contributed by atoms with E-state index < -0.39 is 16.7 Å². The van der Waals surface area contributed by atoms with E-state index in [4.69, 9.17) is 11.6 Å². The molecule has 0 saturated carbocycles. The van der Waals surface area contributed by atoms with Gasteiger partial charge >= 0.3 is 11.9 Å². The summed E-state index contributed by atoms with van der Waals surface area (Å²) in [6, 6.07) is 3.94. The molecule has 3 rings (SSSR count). The molecular weight excluding hydrogens is 417 g/mol. The quantitative estimate of drug-likeness (QED) is 0.480. The van der Waals surface area contributed by atoms with Crippen LogP contribution in [0.1, 0.15) is 11.3 Å². The summed E-state index contributed by atoms with van der Waals surface area (Å²) in [5.74, 6) is 0.0447. The van der Waals surface area contributed by atoms with E-state index in [9.17, 15) is 22.8 Å². The summed E-state index contributed by atoms with van der Waals surface area (Å²) in [6.45, 7) is 0.169. The topological polar surface area (TPSA) is 68.9 Å². The van der Waals surface area contributed by atoms with E-state index in [0.717, 1.165) is 6.07 Å². The van der Waals surface area contributed by atoms with Crippen molar-refractivity contribution in [1.82, 2.24) is 19.4 Å². The predicted octanol–water partition coefficient (Wildman–Crippen LogP) is 3.23. The zero-order chi connectivity index (χ0) is 20.5. The summed E-state index contributed by atoms with van der Waals surface area (Å²) in [7, 11) is 1.52. The monoisotopic (exact) mass is 432 g/mol. The Morgan fingerprint density at radius 1 is 1.36 bits per heavy atom. The van der Waals surface area contributed by atoms with Crippen molar-refractivity contribution in [3.05, 3.63) is 39.8 Å². The number of carbonyl (C=O) groups excluding carboxylic acids is 1. The van der Waals surface area contributed by atoms with Crippen molar-refractivity contribution >= 4 is 40.0 Å². The molecule has 0 bridgehead atoms. The second kappa shape index (κ2) is 7.96. The zero-order valence-electron chi connectivity index (χ0n) is 14.7. The van der Waals surface area contributed by atoms with Crippen LogP contribution in [0, 0.1) is 0 Å². The number of fused-ring (bicyclic) bond motifs is 1. The van der Waals surface area contributed by atoms with Crippen molar-refractivity contribution in [3.8, 4) is 10.4 Å². The van der Waals surface area contributed by atoms with Gasteiger partial charge in [0, 0.05) is 36.1 Å². The van der Waals surface area contributed by atoms with Gasteiger partial charge < -0.3 is 5.32 Å². The van der Waals surface area contributed by atoms with Crippen LogP contribution < -0.4 is 11.0 Å². The van der Waals surface area contributed by atoms with E-state index >= 15 is 0 Å².